The van der Waals surface area contributed by atoms with Gasteiger partial charge in [-0.15, -0.1) is 0 Å². The molecule has 0 aliphatic carbocycles. The summed E-state index contributed by atoms with van der Waals surface area (Å²) in [4.78, 5) is 15.7. The number of aromatic nitrogens is 1. The van der Waals surface area contributed by atoms with Gasteiger partial charge in [0.05, 0.1) is 24.8 Å². The van der Waals surface area contributed by atoms with Crippen molar-refractivity contribution in [2.75, 3.05) is 14.2 Å². The summed E-state index contributed by atoms with van der Waals surface area (Å²) < 4.78 is 9.82. The second-order valence-corrected chi connectivity index (χ2v) is 4.28. The average Bonchev–Trinajstić information content (AvgIpc) is 2.36. The quantitative estimate of drug-likeness (QED) is 0.627. The molecule has 0 atom stereocenters. The molecular formula is C12H9Cl2NO3. The topological polar surface area (TPSA) is 48.4 Å². The first kappa shape index (κ1) is 12.9. The Hall–Kier alpha value is -1.52. The highest BCUT2D eigenvalue weighted by Gasteiger charge is 2.16. The van der Waals surface area contributed by atoms with Gasteiger partial charge in [-0.25, -0.2) is 9.78 Å². The van der Waals surface area contributed by atoms with Crippen LogP contribution >= 0.6 is 23.2 Å². The predicted molar refractivity (Wildman–Crippen MR) is 69.7 cm³/mol. The summed E-state index contributed by atoms with van der Waals surface area (Å²) in [5.74, 6) is -0.132. The van der Waals surface area contributed by atoms with Crippen molar-refractivity contribution in [3.8, 4) is 5.75 Å². The van der Waals surface area contributed by atoms with E-state index in [4.69, 9.17) is 27.9 Å². The molecule has 6 heteroatoms. The molecule has 0 spiro atoms. The third-order valence-electron chi connectivity index (χ3n) is 2.45. The smallest absolute Gasteiger partial charge is 0.341 e. The van der Waals surface area contributed by atoms with Crippen molar-refractivity contribution in [3.63, 3.8) is 0 Å². The fourth-order valence-corrected chi connectivity index (χ4v) is 2.13. The minimum Gasteiger partial charge on any atom is -0.496 e. The number of nitrogens with zero attached hydrogens (tertiary/aromatic N) is 1. The number of halogens is 2. The predicted octanol–water partition coefficient (Wildman–Crippen LogP) is 3.34. The summed E-state index contributed by atoms with van der Waals surface area (Å²) in [5, 5.41) is 1.36. The Balaban J connectivity index is 2.77. The Kier molecular flexibility index (Phi) is 3.59. The van der Waals surface area contributed by atoms with Crippen LogP contribution in [0.4, 0.5) is 0 Å². The first-order valence-corrected chi connectivity index (χ1v) is 5.74. The molecule has 0 amide bonds. The molecule has 0 saturated heterocycles. The van der Waals surface area contributed by atoms with Gasteiger partial charge in [0, 0.05) is 5.39 Å². The SMILES string of the molecule is COC(=O)c1cc2nc(Cl)cc(Cl)c2cc1OC. The van der Waals surface area contributed by atoms with Gasteiger partial charge in [0.25, 0.3) is 0 Å². The summed E-state index contributed by atoms with van der Waals surface area (Å²) in [5.41, 5.74) is 0.784. The zero-order chi connectivity index (χ0) is 13.3. The van der Waals surface area contributed by atoms with Crippen LogP contribution in [-0.2, 0) is 4.74 Å². The Morgan fingerprint density at radius 2 is 1.94 bits per heavy atom. The molecule has 4 nitrogen and oxygen atoms in total. The molecule has 18 heavy (non-hydrogen) atoms. The highest BCUT2D eigenvalue weighted by Crippen LogP contribution is 2.31. The van der Waals surface area contributed by atoms with Crippen LogP contribution in [0.25, 0.3) is 10.9 Å². The number of benzene rings is 1. The summed E-state index contributed by atoms with van der Waals surface area (Å²) in [6, 6.07) is 4.70. The fraction of sp³-hybridized carbons (Fsp3) is 0.167. The first-order valence-electron chi connectivity index (χ1n) is 4.99. The molecule has 2 aromatic rings. The maximum atomic E-state index is 11.6. The summed E-state index contributed by atoms with van der Waals surface area (Å²) in [6.45, 7) is 0. The van der Waals surface area contributed by atoms with Crippen LogP contribution in [0.2, 0.25) is 10.2 Å². The molecule has 0 aliphatic heterocycles. The van der Waals surface area contributed by atoms with Gasteiger partial charge in [0.1, 0.15) is 16.5 Å². The van der Waals surface area contributed by atoms with Gasteiger partial charge in [-0.05, 0) is 18.2 Å². The molecule has 1 heterocycles. The molecule has 2 rings (SSSR count). The van der Waals surface area contributed by atoms with E-state index in [1.54, 1.807) is 6.07 Å². The van der Waals surface area contributed by atoms with Crippen molar-refractivity contribution in [2.45, 2.75) is 0 Å². The van der Waals surface area contributed by atoms with Gasteiger partial charge in [0.2, 0.25) is 0 Å². The van der Waals surface area contributed by atoms with E-state index in [2.05, 4.69) is 9.72 Å². The third-order valence-corrected chi connectivity index (χ3v) is 2.96. The van der Waals surface area contributed by atoms with Crippen LogP contribution in [0.15, 0.2) is 18.2 Å². The van der Waals surface area contributed by atoms with Gasteiger partial charge in [0.15, 0.2) is 0 Å². The Morgan fingerprint density at radius 1 is 1.22 bits per heavy atom. The number of carbonyl (C=O) groups is 1. The second-order valence-electron chi connectivity index (χ2n) is 3.49. The number of fused-ring (bicyclic) bond motifs is 1. The van der Waals surface area contributed by atoms with Crippen molar-refractivity contribution < 1.29 is 14.3 Å². The van der Waals surface area contributed by atoms with Gasteiger partial charge >= 0.3 is 5.97 Å². The largest absolute Gasteiger partial charge is 0.496 e. The highest BCUT2D eigenvalue weighted by atomic mass is 35.5. The van der Waals surface area contributed by atoms with Gasteiger partial charge < -0.3 is 9.47 Å². The second kappa shape index (κ2) is 5.00. The number of esters is 1. The summed E-state index contributed by atoms with van der Waals surface area (Å²) in [6.07, 6.45) is 0. The van der Waals surface area contributed by atoms with E-state index >= 15 is 0 Å². The maximum absolute atomic E-state index is 11.6. The molecule has 0 N–H and O–H groups in total. The number of hydrogen-bond donors (Lipinski definition) is 0. The normalized spacial score (nSPS) is 10.4. The molecule has 1 aromatic heterocycles. The van der Waals surface area contributed by atoms with E-state index in [9.17, 15) is 4.79 Å². The minimum atomic E-state index is -0.508. The molecule has 0 radical (unpaired) electrons. The summed E-state index contributed by atoms with van der Waals surface area (Å²) >= 11 is 11.9. The average molecular weight is 286 g/mol. The molecule has 0 bridgehead atoms. The monoisotopic (exact) mass is 285 g/mol. The van der Waals surface area contributed by atoms with Crippen LogP contribution in [0.5, 0.6) is 5.75 Å². The van der Waals surface area contributed by atoms with Gasteiger partial charge in [-0.2, -0.15) is 0 Å². The maximum Gasteiger partial charge on any atom is 0.341 e. The van der Waals surface area contributed by atoms with Crippen LogP contribution in [0, 0.1) is 0 Å². The lowest BCUT2D eigenvalue weighted by Crippen LogP contribution is -2.04. The summed E-state index contributed by atoms with van der Waals surface area (Å²) in [7, 11) is 2.76. The first-order chi connectivity index (χ1) is 8.56. The number of ether oxygens (including phenoxy) is 2. The standard InChI is InChI=1S/C12H9Cl2NO3/c1-17-10-4-6-8(13)5-11(14)15-9(6)3-7(10)12(16)18-2/h3-5H,1-2H3. The zero-order valence-electron chi connectivity index (χ0n) is 9.66. The van der Waals surface area contributed by atoms with E-state index in [1.165, 1.54) is 26.4 Å². The Labute approximate surface area is 113 Å². The molecule has 0 aliphatic rings. The molecule has 0 fully saturated rings. The van der Waals surface area contributed by atoms with E-state index in [0.717, 1.165) is 0 Å². The van der Waals surface area contributed by atoms with Crippen molar-refractivity contribution in [1.29, 1.82) is 0 Å². The number of rotatable bonds is 2. The van der Waals surface area contributed by atoms with Crippen LogP contribution < -0.4 is 4.74 Å². The lowest BCUT2D eigenvalue weighted by atomic mass is 10.1. The Bertz CT molecular complexity index is 628. The van der Waals surface area contributed by atoms with Crippen molar-refractivity contribution in [3.05, 3.63) is 33.9 Å². The number of methoxy groups -OCH3 is 2. The number of hydrogen-bond acceptors (Lipinski definition) is 4. The molecule has 0 saturated carbocycles. The molecule has 1 aromatic carbocycles. The molecule has 94 valence electrons. The fourth-order valence-electron chi connectivity index (χ4n) is 1.62. The lowest BCUT2D eigenvalue weighted by Gasteiger charge is -2.09. The van der Waals surface area contributed by atoms with E-state index in [1.807, 2.05) is 0 Å². The molecular weight excluding hydrogens is 277 g/mol. The van der Waals surface area contributed by atoms with E-state index in [-0.39, 0.29) is 10.7 Å². The van der Waals surface area contributed by atoms with Crippen LogP contribution in [0.1, 0.15) is 10.4 Å². The number of carbonyl (C=O) groups excluding carboxylic acids is 1. The van der Waals surface area contributed by atoms with Crippen molar-refractivity contribution in [2.24, 2.45) is 0 Å². The van der Waals surface area contributed by atoms with E-state index in [0.29, 0.717) is 21.7 Å². The minimum absolute atomic E-state index is 0.258. The van der Waals surface area contributed by atoms with Gasteiger partial charge in [-0.1, -0.05) is 23.2 Å². The third kappa shape index (κ3) is 2.21. The van der Waals surface area contributed by atoms with Crippen molar-refractivity contribution >= 4 is 40.1 Å². The molecule has 0 unspecified atom stereocenters. The zero-order valence-corrected chi connectivity index (χ0v) is 11.2. The Morgan fingerprint density at radius 3 is 2.56 bits per heavy atom. The number of pyridine rings is 1. The van der Waals surface area contributed by atoms with Gasteiger partial charge in [-0.3, -0.25) is 0 Å². The van der Waals surface area contributed by atoms with Crippen LogP contribution in [0.3, 0.4) is 0 Å². The lowest BCUT2D eigenvalue weighted by molar-refractivity contribution is 0.0597. The van der Waals surface area contributed by atoms with Crippen LogP contribution in [-0.4, -0.2) is 25.2 Å². The van der Waals surface area contributed by atoms with Crippen molar-refractivity contribution in [1.82, 2.24) is 4.98 Å². The van der Waals surface area contributed by atoms with E-state index < -0.39 is 5.97 Å². The highest BCUT2D eigenvalue weighted by molar-refractivity contribution is 6.37.